The van der Waals surface area contributed by atoms with Gasteiger partial charge >= 0.3 is 0 Å². The van der Waals surface area contributed by atoms with Gasteiger partial charge in [-0.2, -0.15) is 4.98 Å². The van der Waals surface area contributed by atoms with Gasteiger partial charge in [0.2, 0.25) is 12.7 Å². The molecule has 8 nitrogen and oxygen atoms in total. The number of benzene rings is 1. The van der Waals surface area contributed by atoms with E-state index in [0.717, 1.165) is 68.0 Å². The van der Waals surface area contributed by atoms with Gasteiger partial charge in [0.25, 0.3) is 0 Å². The van der Waals surface area contributed by atoms with Crippen LogP contribution in [-0.4, -0.2) is 61.1 Å². The Bertz CT molecular complexity index is 780. The highest BCUT2D eigenvalue weighted by Gasteiger charge is 2.13. The Hall–Kier alpha value is -2.58. The van der Waals surface area contributed by atoms with Gasteiger partial charge in [0, 0.05) is 44.5 Å². The average Bonchev–Trinajstić information content (AvgIpc) is 3.15. The predicted molar refractivity (Wildman–Crippen MR) is 102 cm³/mol. The number of nitrogens with one attached hydrogen (secondary N) is 2. The first-order chi connectivity index (χ1) is 13.3. The molecule has 1 aromatic heterocycles. The number of hydrogen-bond donors (Lipinski definition) is 2. The Morgan fingerprint density at radius 2 is 1.89 bits per heavy atom. The van der Waals surface area contributed by atoms with Crippen molar-refractivity contribution in [3.63, 3.8) is 0 Å². The summed E-state index contributed by atoms with van der Waals surface area (Å²) in [6.07, 6.45) is 0. The molecular weight excluding hydrogens is 346 g/mol. The summed E-state index contributed by atoms with van der Waals surface area (Å²) in [5.41, 5.74) is 2.03. The Kier molecular flexibility index (Phi) is 5.55. The summed E-state index contributed by atoms with van der Waals surface area (Å²) in [7, 11) is 0. The van der Waals surface area contributed by atoms with Gasteiger partial charge in [-0.25, -0.2) is 4.98 Å². The molecule has 3 heterocycles. The third-order valence-corrected chi connectivity index (χ3v) is 4.58. The van der Waals surface area contributed by atoms with Crippen LogP contribution in [0.1, 0.15) is 11.3 Å². The fourth-order valence-electron chi connectivity index (χ4n) is 3.13. The van der Waals surface area contributed by atoms with Gasteiger partial charge in [0.15, 0.2) is 11.5 Å². The maximum Gasteiger partial charge on any atom is 0.231 e. The normalized spacial score (nSPS) is 16.3. The lowest BCUT2D eigenvalue weighted by Gasteiger charge is -2.26. The Balaban J connectivity index is 1.31. The fraction of sp³-hybridized carbons (Fsp3) is 0.474. The summed E-state index contributed by atoms with van der Waals surface area (Å²) < 4.78 is 16.1. The van der Waals surface area contributed by atoms with E-state index in [1.165, 1.54) is 0 Å². The van der Waals surface area contributed by atoms with E-state index in [1.807, 2.05) is 31.2 Å². The molecule has 1 saturated heterocycles. The molecule has 2 aliphatic rings. The molecule has 2 N–H and O–H groups in total. The molecule has 0 bridgehead atoms. The molecule has 27 heavy (non-hydrogen) atoms. The second-order valence-corrected chi connectivity index (χ2v) is 6.64. The molecule has 0 unspecified atom stereocenters. The molecule has 0 radical (unpaired) electrons. The van der Waals surface area contributed by atoms with Crippen molar-refractivity contribution in [3.05, 3.63) is 35.5 Å². The van der Waals surface area contributed by atoms with Crippen molar-refractivity contribution in [2.24, 2.45) is 0 Å². The second-order valence-electron chi connectivity index (χ2n) is 6.64. The Labute approximate surface area is 158 Å². The van der Waals surface area contributed by atoms with Crippen molar-refractivity contribution in [2.75, 3.05) is 56.8 Å². The monoisotopic (exact) mass is 371 g/mol. The average molecular weight is 371 g/mol. The van der Waals surface area contributed by atoms with Crippen LogP contribution in [0.2, 0.25) is 0 Å². The predicted octanol–water partition coefficient (Wildman–Crippen LogP) is 1.87. The van der Waals surface area contributed by atoms with Crippen LogP contribution in [0.5, 0.6) is 11.5 Å². The van der Waals surface area contributed by atoms with Crippen molar-refractivity contribution in [2.45, 2.75) is 13.5 Å². The van der Waals surface area contributed by atoms with E-state index in [9.17, 15) is 0 Å². The smallest absolute Gasteiger partial charge is 0.231 e. The zero-order valence-corrected chi connectivity index (χ0v) is 15.5. The van der Waals surface area contributed by atoms with Crippen LogP contribution in [0.4, 0.5) is 11.8 Å². The third kappa shape index (κ3) is 4.78. The van der Waals surface area contributed by atoms with Gasteiger partial charge in [-0.05, 0) is 24.6 Å². The summed E-state index contributed by atoms with van der Waals surface area (Å²) in [5.74, 6) is 3.03. The zero-order chi connectivity index (χ0) is 18.5. The first-order valence-electron chi connectivity index (χ1n) is 9.28. The number of rotatable bonds is 7. The fourth-order valence-corrected chi connectivity index (χ4v) is 3.13. The van der Waals surface area contributed by atoms with Crippen LogP contribution >= 0.6 is 0 Å². The van der Waals surface area contributed by atoms with E-state index < -0.39 is 0 Å². The largest absolute Gasteiger partial charge is 0.454 e. The van der Waals surface area contributed by atoms with E-state index in [4.69, 9.17) is 14.2 Å². The van der Waals surface area contributed by atoms with Gasteiger partial charge in [-0.15, -0.1) is 0 Å². The van der Waals surface area contributed by atoms with Crippen molar-refractivity contribution in [1.82, 2.24) is 14.9 Å². The van der Waals surface area contributed by atoms with Crippen molar-refractivity contribution in [3.8, 4) is 11.5 Å². The highest BCUT2D eigenvalue weighted by molar-refractivity contribution is 5.47. The lowest BCUT2D eigenvalue weighted by molar-refractivity contribution is 0.0398. The standard InChI is InChI=1S/C19H25N5O3/c1-14-10-18(21-12-15-2-3-16-17(11-15)27-13-26-16)23-19(22-14)20-4-5-24-6-8-25-9-7-24/h2-3,10-11H,4-9,12-13H2,1H3,(H2,20,21,22,23). The van der Waals surface area contributed by atoms with Crippen molar-refractivity contribution >= 4 is 11.8 Å². The van der Waals surface area contributed by atoms with Crippen LogP contribution in [0.3, 0.4) is 0 Å². The van der Waals surface area contributed by atoms with Crippen molar-refractivity contribution < 1.29 is 14.2 Å². The molecular formula is C19H25N5O3. The van der Waals surface area contributed by atoms with Crippen LogP contribution in [0, 0.1) is 6.92 Å². The number of morpholine rings is 1. The van der Waals surface area contributed by atoms with E-state index >= 15 is 0 Å². The Morgan fingerprint density at radius 1 is 1.04 bits per heavy atom. The molecule has 0 atom stereocenters. The molecule has 2 aromatic rings. The highest BCUT2D eigenvalue weighted by atomic mass is 16.7. The highest BCUT2D eigenvalue weighted by Crippen LogP contribution is 2.32. The summed E-state index contributed by atoms with van der Waals surface area (Å²) in [5, 5.41) is 6.68. The number of aryl methyl sites for hydroxylation is 1. The number of fused-ring (bicyclic) bond motifs is 1. The third-order valence-electron chi connectivity index (χ3n) is 4.58. The molecule has 4 rings (SSSR count). The first-order valence-corrected chi connectivity index (χ1v) is 9.28. The van der Waals surface area contributed by atoms with Gasteiger partial charge in [0.05, 0.1) is 13.2 Å². The van der Waals surface area contributed by atoms with Crippen molar-refractivity contribution in [1.29, 1.82) is 0 Å². The number of hydrogen-bond acceptors (Lipinski definition) is 8. The van der Waals surface area contributed by atoms with Crippen LogP contribution < -0.4 is 20.1 Å². The summed E-state index contributed by atoms with van der Waals surface area (Å²) in [4.78, 5) is 11.4. The zero-order valence-electron chi connectivity index (χ0n) is 15.5. The van der Waals surface area contributed by atoms with Crippen LogP contribution in [0.15, 0.2) is 24.3 Å². The molecule has 144 valence electrons. The number of aromatic nitrogens is 2. The van der Waals surface area contributed by atoms with Gasteiger partial charge in [-0.3, -0.25) is 4.90 Å². The maximum absolute atomic E-state index is 5.43. The molecule has 0 amide bonds. The van der Waals surface area contributed by atoms with E-state index in [0.29, 0.717) is 12.5 Å². The molecule has 0 spiro atoms. The molecule has 0 aliphatic carbocycles. The van der Waals surface area contributed by atoms with E-state index in [1.54, 1.807) is 0 Å². The second kappa shape index (κ2) is 8.41. The lowest BCUT2D eigenvalue weighted by Crippen LogP contribution is -2.39. The number of ether oxygens (including phenoxy) is 3. The molecule has 0 saturated carbocycles. The van der Waals surface area contributed by atoms with Crippen LogP contribution in [-0.2, 0) is 11.3 Å². The topological polar surface area (TPSA) is 80.8 Å². The molecule has 1 fully saturated rings. The minimum Gasteiger partial charge on any atom is -0.454 e. The van der Waals surface area contributed by atoms with E-state index in [2.05, 4.69) is 25.5 Å². The summed E-state index contributed by atoms with van der Waals surface area (Å²) in [6, 6.07) is 7.89. The SMILES string of the molecule is Cc1cc(NCc2ccc3c(c2)OCO3)nc(NCCN2CCOCC2)n1. The minimum atomic E-state index is 0.288. The van der Waals surface area contributed by atoms with Crippen LogP contribution in [0.25, 0.3) is 0 Å². The number of nitrogens with zero attached hydrogens (tertiary/aromatic N) is 3. The van der Waals surface area contributed by atoms with Gasteiger partial charge in [0.1, 0.15) is 5.82 Å². The minimum absolute atomic E-state index is 0.288. The summed E-state index contributed by atoms with van der Waals surface area (Å²) >= 11 is 0. The molecule has 8 heteroatoms. The molecule has 2 aliphatic heterocycles. The summed E-state index contributed by atoms with van der Waals surface area (Å²) in [6.45, 7) is 8.28. The van der Waals surface area contributed by atoms with Gasteiger partial charge in [-0.1, -0.05) is 6.07 Å². The first kappa shape index (κ1) is 17.8. The van der Waals surface area contributed by atoms with Gasteiger partial charge < -0.3 is 24.8 Å². The lowest BCUT2D eigenvalue weighted by atomic mass is 10.2. The number of anilines is 2. The maximum atomic E-state index is 5.43. The molecule has 1 aromatic carbocycles. The van der Waals surface area contributed by atoms with E-state index in [-0.39, 0.29) is 6.79 Å². The Morgan fingerprint density at radius 3 is 2.78 bits per heavy atom. The quantitative estimate of drug-likeness (QED) is 0.764.